The summed E-state index contributed by atoms with van der Waals surface area (Å²) in [5.41, 5.74) is 0.0680. The van der Waals surface area contributed by atoms with Crippen LogP contribution in [0.15, 0.2) is 12.4 Å². The normalized spacial score (nSPS) is 22.8. The molecule has 0 saturated carbocycles. The molecule has 3 rings (SSSR count). The van der Waals surface area contributed by atoms with Crippen molar-refractivity contribution in [1.82, 2.24) is 14.9 Å². The summed E-state index contributed by atoms with van der Waals surface area (Å²) in [5, 5.41) is 0. The topological polar surface area (TPSA) is 67.8 Å². The van der Waals surface area contributed by atoms with Crippen LogP contribution in [0, 0.1) is 0 Å². The van der Waals surface area contributed by atoms with Gasteiger partial charge in [-0.25, -0.2) is 9.97 Å². The van der Waals surface area contributed by atoms with Crippen LogP contribution in [0.5, 0.6) is 0 Å². The minimum atomic E-state index is -0.446. The molecule has 0 atom stereocenters. The van der Waals surface area contributed by atoms with Crippen molar-refractivity contribution in [2.24, 2.45) is 0 Å². The van der Waals surface area contributed by atoms with E-state index in [1.54, 1.807) is 19.3 Å². The predicted molar refractivity (Wildman–Crippen MR) is 92.2 cm³/mol. The highest BCUT2D eigenvalue weighted by Gasteiger charge is 2.52. The average molecular weight is 332 g/mol. The number of amides is 1. The minimum absolute atomic E-state index is 0.117. The molecule has 0 radical (unpaired) electrons. The lowest BCUT2D eigenvalue weighted by Gasteiger charge is -2.34. The van der Waals surface area contributed by atoms with E-state index in [4.69, 9.17) is 9.31 Å². The van der Waals surface area contributed by atoms with Crippen molar-refractivity contribution >= 4 is 24.4 Å². The third-order valence-corrected chi connectivity index (χ3v) is 5.19. The molecule has 3 heterocycles. The molecule has 2 fully saturated rings. The smallest absolute Gasteiger partial charge is 0.399 e. The largest absolute Gasteiger partial charge is 0.498 e. The van der Waals surface area contributed by atoms with Crippen molar-refractivity contribution in [3.8, 4) is 0 Å². The molecule has 130 valence electrons. The van der Waals surface area contributed by atoms with Gasteiger partial charge in [-0.2, -0.15) is 0 Å². The summed E-state index contributed by atoms with van der Waals surface area (Å²) in [7, 11) is -0.446. The van der Waals surface area contributed by atoms with Gasteiger partial charge in [-0.1, -0.05) is 0 Å². The quantitative estimate of drug-likeness (QED) is 0.733. The third-order valence-electron chi connectivity index (χ3n) is 5.19. The summed E-state index contributed by atoms with van der Waals surface area (Å²) >= 11 is 0. The van der Waals surface area contributed by atoms with E-state index in [1.807, 2.05) is 32.6 Å². The van der Waals surface area contributed by atoms with E-state index in [9.17, 15) is 4.79 Å². The van der Waals surface area contributed by atoms with E-state index >= 15 is 0 Å². The van der Waals surface area contributed by atoms with E-state index < -0.39 is 7.12 Å². The first-order chi connectivity index (χ1) is 11.2. The molecule has 0 aliphatic carbocycles. The van der Waals surface area contributed by atoms with Crippen molar-refractivity contribution in [2.75, 3.05) is 31.1 Å². The van der Waals surface area contributed by atoms with Gasteiger partial charge < -0.3 is 19.1 Å². The molecular formula is C16H25BN4O3. The second kappa shape index (κ2) is 6.00. The molecule has 0 N–H and O–H groups in total. The number of aromatic nitrogens is 2. The number of carbonyl (C=O) groups is 1. The highest BCUT2D eigenvalue weighted by Crippen LogP contribution is 2.36. The lowest BCUT2D eigenvalue weighted by molar-refractivity contribution is -0.129. The number of hydrogen-bond donors (Lipinski definition) is 0. The standard InChI is InChI=1S/C16H25BN4O3/c1-12(22)20-6-8-21(9-7-20)14-18-10-13(11-19-14)17-23-15(2,3)16(4,5)24-17/h10-11H,6-9H2,1-5H3. The molecule has 8 heteroatoms. The lowest BCUT2D eigenvalue weighted by atomic mass is 9.81. The van der Waals surface area contributed by atoms with E-state index in [2.05, 4.69) is 14.9 Å². The van der Waals surface area contributed by atoms with Gasteiger partial charge >= 0.3 is 7.12 Å². The average Bonchev–Trinajstić information content (AvgIpc) is 2.76. The zero-order valence-corrected chi connectivity index (χ0v) is 15.1. The van der Waals surface area contributed by atoms with Gasteiger partial charge in [-0.05, 0) is 27.7 Å². The molecular weight excluding hydrogens is 307 g/mol. The zero-order valence-electron chi connectivity index (χ0n) is 15.1. The monoisotopic (exact) mass is 332 g/mol. The fourth-order valence-corrected chi connectivity index (χ4v) is 2.82. The third kappa shape index (κ3) is 3.12. The maximum absolute atomic E-state index is 11.4. The Labute approximate surface area is 143 Å². The Morgan fingerprint density at radius 2 is 1.54 bits per heavy atom. The number of nitrogens with zero attached hydrogens (tertiary/aromatic N) is 4. The van der Waals surface area contributed by atoms with Gasteiger partial charge in [-0.3, -0.25) is 4.79 Å². The van der Waals surface area contributed by atoms with E-state index in [0.717, 1.165) is 18.6 Å². The van der Waals surface area contributed by atoms with Crippen LogP contribution < -0.4 is 10.4 Å². The molecule has 1 amide bonds. The highest BCUT2D eigenvalue weighted by molar-refractivity contribution is 6.61. The molecule has 24 heavy (non-hydrogen) atoms. The first-order valence-corrected chi connectivity index (χ1v) is 8.38. The van der Waals surface area contributed by atoms with Crippen LogP contribution in [0.1, 0.15) is 34.6 Å². The van der Waals surface area contributed by atoms with Crippen molar-refractivity contribution in [3.63, 3.8) is 0 Å². The zero-order chi connectivity index (χ0) is 17.5. The van der Waals surface area contributed by atoms with E-state index in [0.29, 0.717) is 19.0 Å². The van der Waals surface area contributed by atoms with Crippen LogP contribution >= 0.6 is 0 Å². The van der Waals surface area contributed by atoms with Crippen LogP contribution in [0.25, 0.3) is 0 Å². The molecule has 1 aromatic heterocycles. The van der Waals surface area contributed by atoms with Gasteiger partial charge in [-0.15, -0.1) is 0 Å². The fraction of sp³-hybridized carbons (Fsp3) is 0.688. The highest BCUT2D eigenvalue weighted by atomic mass is 16.7. The van der Waals surface area contributed by atoms with Crippen molar-refractivity contribution in [1.29, 1.82) is 0 Å². The second-order valence-electron chi connectivity index (χ2n) is 7.40. The molecule has 0 aromatic carbocycles. The van der Waals surface area contributed by atoms with Crippen molar-refractivity contribution < 1.29 is 14.1 Å². The molecule has 1 aromatic rings. The molecule has 7 nitrogen and oxygen atoms in total. The molecule has 0 bridgehead atoms. The Hall–Kier alpha value is -1.67. The number of carbonyl (C=O) groups excluding carboxylic acids is 1. The van der Waals surface area contributed by atoms with Crippen molar-refractivity contribution in [3.05, 3.63) is 12.4 Å². The number of hydrogen-bond acceptors (Lipinski definition) is 6. The SMILES string of the molecule is CC(=O)N1CCN(c2ncc(B3OC(C)(C)C(C)(C)O3)cn2)CC1. The van der Waals surface area contributed by atoms with E-state index in [-0.39, 0.29) is 17.1 Å². The maximum atomic E-state index is 11.4. The summed E-state index contributed by atoms with van der Waals surface area (Å²) in [6, 6.07) is 0. The van der Waals surface area contributed by atoms with Crippen molar-refractivity contribution in [2.45, 2.75) is 45.8 Å². The van der Waals surface area contributed by atoms with Gasteiger partial charge in [0.15, 0.2) is 0 Å². The summed E-state index contributed by atoms with van der Waals surface area (Å²) in [5.74, 6) is 0.796. The number of piperazine rings is 1. The molecule has 0 unspecified atom stereocenters. The molecule has 2 aliphatic rings. The Balaban J connectivity index is 1.66. The summed E-state index contributed by atoms with van der Waals surface area (Å²) < 4.78 is 12.0. The number of rotatable bonds is 2. The van der Waals surface area contributed by atoms with Gasteiger partial charge in [0.2, 0.25) is 11.9 Å². The first kappa shape index (κ1) is 17.2. The van der Waals surface area contributed by atoms with Crippen LogP contribution in [0.4, 0.5) is 5.95 Å². The van der Waals surface area contributed by atoms with Crippen LogP contribution in [0.3, 0.4) is 0 Å². The second-order valence-corrected chi connectivity index (χ2v) is 7.40. The minimum Gasteiger partial charge on any atom is -0.399 e. The Bertz CT molecular complexity index is 596. The first-order valence-electron chi connectivity index (χ1n) is 8.38. The van der Waals surface area contributed by atoms with Gasteiger partial charge in [0.25, 0.3) is 0 Å². The van der Waals surface area contributed by atoms with Crippen LogP contribution in [-0.2, 0) is 14.1 Å². The molecule has 2 saturated heterocycles. The van der Waals surface area contributed by atoms with Gasteiger partial charge in [0.05, 0.1) is 11.2 Å². The van der Waals surface area contributed by atoms with Crippen LogP contribution in [-0.4, -0.2) is 65.3 Å². The summed E-state index contributed by atoms with van der Waals surface area (Å²) in [6.45, 7) is 12.6. The van der Waals surface area contributed by atoms with Gasteiger partial charge in [0, 0.05) is 51.0 Å². The predicted octanol–water partition coefficient (Wildman–Crippen LogP) is 0.444. The Morgan fingerprint density at radius 1 is 1.04 bits per heavy atom. The summed E-state index contributed by atoms with van der Waals surface area (Å²) in [4.78, 5) is 24.2. The Kier molecular flexibility index (Phi) is 4.29. The van der Waals surface area contributed by atoms with Crippen LogP contribution in [0.2, 0.25) is 0 Å². The molecule has 2 aliphatic heterocycles. The lowest BCUT2D eigenvalue weighted by Crippen LogP contribution is -2.48. The fourth-order valence-electron chi connectivity index (χ4n) is 2.82. The Morgan fingerprint density at radius 3 is 2.00 bits per heavy atom. The van der Waals surface area contributed by atoms with E-state index in [1.165, 1.54) is 0 Å². The van der Waals surface area contributed by atoms with Gasteiger partial charge in [0.1, 0.15) is 0 Å². The molecule has 0 spiro atoms. The number of anilines is 1. The maximum Gasteiger partial charge on any atom is 0.498 e. The summed E-state index contributed by atoms with van der Waals surface area (Å²) in [6.07, 6.45) is 3.53.